The number of likely N-dealkylation sites (tertiary alicyclic amines) is 1. The van der Waals surface area contributed by atoms with Crippen LogP contribution in [0, 0.1) is 0 Å². The Bertz CT molecular complexity index is 1190. The van der Waals surface area contributed by atoms with Crippen LogP contribution in [0.15, 0.2) is 64.0 Å². The number of rotatable bonds is 7. The molecular weight excluding hydrogens is 464 g/mol. The van der Waals surface area contributed by atoms with Crippen molar-refractivity contribution in [1.82, 2.24) is 10.2 Å². The standard InChI is InChI=1S/C28H31ClN2O4/c29-23(15-20-5-2-1-3-6-20)19-31-12-10-28(33,11-13-31)22-8-9-25-21(16-22)17-26(35-25)27(32)30-18-24-7-4-14-34-24/h1-3,5-6,8-9,15-17,24,33H,4,7,10-14,18-19H2,(H,30,32)/b23-15-/t24-/m0/s1. The third-order valence-corrected chi connectivity index (χ3v) is 7.20. The summed E-state index contributed by atoms with van der Waals surface area (Å²) < 4.78 is 11.3. The number of aliphatic hydroxyl groups is 1. The topological polar surface area (TPSA) is 74.9 Å². The second kappa shape index (κ2) is 10.5. The number of hydrogen-bond acceptors (Lipinski definition) is 5. The maximum Gasteiger partial charge on any atom is 0.287 e. The predicted molar refractivity (Wildman–Crippen MR) is 137 cm³/mol. The Morgan fingerprint density at radius 2 is 1.97 bits per heavy atom. The van der Waals surface area contributed by atoms with Gasteiger partial charge in [-0.25, -0.2) is 0 Å². The summed E-state index contributed by atoms with van der Waals surface area (Å²) in [5.41, 5.74) is 1.65. The van der Waals surface area contributed by atoms with E-state index in [9.17, 15) is 9.90 Å². The van der Waals surface area contributed by atoms with E-state index in [0.29, 0.717) is 31.5 Å². The van der Waals surface area contributed by atoms with Gasteiger partial charge in [0.2, 0.25) is 0 Å². The first-order valence-electron chi connectivity index (χ1n) is 12.3. The minimum Gasteiger partial charge on any atom is -0.451 e. The lowest BCUT2D eigenvalue weighted by molar-refractivity contribution is -0.0234. The first-order chi connectivity index (χ1) is 17.0. The molecule has 3 heterocycles. The highest BCUT2D eigenvalue weighted by Gasteiger charge is 2.34. The van der Waals surface area contributed by atoms with Crippen LogP contribution in [0.5, 0.6) is 0 Å². The number of carbonyl (C=O) groups excluding carboxylic acids is 1. The molecule has 1 atom stereocenters. The Morgan fingerprint density at radius 1 is 1.17 bits per heavy atom. The number of hydrogen-bond donors (Lipinski definition) is 2. The van der Waals surface area contributed by atoms with Gasteiger partial charge in [-0.2, -0.15) is 0 Å². The van der Waals surface area contributed by atoms with Crippen molar-refractivity contribution >= 4 is 34.6 Å². The highest BCUT2D eigenvalue weighted by Crippen LogP contribution is 2.35. The molecule has 0 radical (unpaired) electrons. The van der Waals surface area contributed by atoms with Gasteiger partial charge >= 0.3 is 0 Å². The molecule has 6 nitrogen and oxygen atoms in total. The van der Waals surface area contributed by atoms with Gasteiger partial charge in [-0.15, -0.1) is 0 Å². The van der Waals surface area contributed by atoms with Crippen molar-refractivity contribution in [2.45, 2.75) is 37.4 Å². The van der Waals surface area contributed by atoms with Gasteiger partial charge in [0.15, 0.2) is 5.76 Å². The molecule has 2 aliphatic heterocycles. The number of nitrogens with zero attached hydrogens (tertiary/aromatic N) is 1. The van der Waals surface area contributed by atoms with Crippen molar-refractivity contribution in [3.63, 3.8) is 0 Å². The van der Waals surface area contributed by atoms with E-state index in [1.807, 2.05) is 54.6 Å². The van der Waals surface area contributed by atoms with E-state index in [-0.39, 0.29) is 17.8 Å². The van der Waals surface area contributed by atoms with Crippen molar-refractivity contribution in [1.29, 1.82) is 0 Å². The molecule has 35 heavy (non-hydrogen) atoms. The lowest BCUT2D eigenvalue weighted by atomic mass is 9.84. The van der Waals surface area contributed by atoms with Crippen molar-refractivity contribution in [2.75, 3.05) is 32.8 Å². The molecule has 184 valence electrons. The fourth-order valence-corrected chi connectivity index (χ4v) is 5.20. The van der Waals surface area contributed by atoms with Crippen LogP contribution in [-0.2, 0) is 10.3 Å². The summed E-state index contributed by atoms with van der Waals surface area (Å²) in [6, 6.07) is 17.5. The normalized spacial score (nSPS) is 20.9. The fourth-order valence-electron chi connectivity index (χ4n) is 4.90. The summed E-state index contributed by atoms with van der Waals surface area (Å²) in [6.07, 6.45) is 5.30. The number of piperidine rings is 1. The highest BCUT2D eigenvalue weighted by atomic mass is 35.5. The minimum atomic E-state index is -0.917. The zero-order valence-corrected chi connectivity index (χ0v) is 20.5. The molecule has 2 saturated heterocycles. The molecule has 2 N–H and O–H groups in total. The molecule has 0 bridgehead atoms. The lowest BCUT2D eigenvalue weighted by Crippen LogP contribution is -2.42. The number of fused-ring (bicyclic) bond motifs is 1. The Hall–Kier alpha value is -2.64. The summed E-state index contributed by atoms with van der Waals surface area (Å²) >= 11 is 6.50. The molecule has 2 aliphatic rings. The molecule has 3 aromatic rings. The van der Waals surface area contributed by atoms with Gasteiger partial charge in [0.25, 0.3) is 5.91 Å². The molecule has 2 aromatic carbocycles. The van der Waals surface area contributed by atoms with Gasteiger partial charge in [0, 0.05) is 43.2 Å². The van der Waals surface area contributed by atoms with Crippen LogP contribution in [-0.4, -0.2) is 54.8 Å². The van der Waals surface area contributed by atoms with E-state index in [0.717, 1.165) is 54.1 Å². The molecule has 5 rings (SSSR count). The number of halogens is 1. The third kappa shape index (κ3) is 5.78. The van der Waals surface area contributed by atoms with Crippen LogP contribution >= 0.6 is 11.6 Å². The zero-order chi connectivity index (χ0) is 24.3. The summed E-state index contributed by atoms with van der Waals surface area (Å²) in [6.45, 7) is 3.40. The Balaban J connectivity index is 1.20. The van der Waals surface area contributed by atoms with E-state index in [4.69, 9.17) is 20.8 Å². The maximum absolute atomic E-state index is 12.5. The Morgan fingerprint density at radius 3 is 2.71 bits per heavy atom. The average molecular weight is 495 g/mol. The van der Waals surface area contributed by atoms with Crippen LogP contribution in [0.25, 0.3) is 17.0 Å². The number of carbonyl (C=O) groups is 1. The van der Waals surface area contributed by atoms with Crippen LogP contribution in [0.1, 0.15) is 47.4 Å². The first kappa shape index (κ1) is 24.1. The largest absolute Gasteiger partial charge is 0.451 e. The number of benzene rings is 2. The highest BCUT2D eigenvalue weighted by molar-refractivity contribution is 6.31. The van der Waals surface area contributed by atoms with E-state index >= 15 is 0 Å². The fraction of sp³-hybridized carbons (Fsp3) is 0.393. The Labute approximate surface area is 210 Å². The maximum atomic E-state index is 12.5. The van der Waals surface area contributed by atoms with Crippen molar-refractivity contribution in [2.24, 2.45) is 0 Å². The van der Waals surface area contributed by atoms with E-state index in [1.54, 1.807) is 6.07 Å². The van der Waals surface area contributed by atoms with Crippen molar-refractivity contribution in [3.8, 4) is 0 Å². The first-order valence-corrected chi connectivity index (χ1v) is 12.7. The van der Waals surface area contributed by atoms with E-state index in [1.165, 1.54) is 0 Å². The Kier molecular flexibility index (Phi) is 7.25. The van der Waals surface area contributed by atoms with Crippen molar-refractivity contribution < 1.29 is 19.1 Å². The molecule has 0 unspecified atom stereocenters. The van der Waals surface area contributed by atoms with Crippen LogP contribution in [0.3, 0.4) is 0 Å². The lowest BCUT2D eigenvalue weighted by Gasteiger charge is -2.38. The average Bonchev–Trinajstić information content (AvgIpc) is 3.54. The summed E-state index contributed by atoms with van der Waals surface area (Å²) in [5.74, 6) is 0.0301. The van der Waals surface area contributed by atoms with Gasteiger partial charge in [0.1, 0.15) is 5.58 Å². The van der Waals surface area contributed by atoms with Gasteiger partial charge in [-0.3, -0.25) is 9.69 Å². The predicted octanol–water partition coefficient (Wildman–Crippen LogP) is 4.90. The summed E-state index contributed by atoms with van der Waals surface area (Å²) in [7, 11) is 0. The monoisotopic (exact) mass is 494 g/mol. The zero-order valence-electron chi connectivity index (χ0n) is 19.7. The van der Waals surface area contributed by atoms with Gasteiger partial charge in [0.05, 0.1) is 11.7 Å². The second-order valence-corrected chi connectivity index (χ2v) is 10.0. The third-order valence-electron chi connectivity index (χ3n) is 6.97. The van der Waals surface area contributed by atoms with Crippen LogP contribution in [0.2, 0.25) is 0 Å². The minimum absolute atomic E-state index is 0.0822. The molecule has 0 spiro atoms. The van der Waals surface area contributed by atoms with Gasteiger partial charge in [-0.1, -0.05) is 48.0 Å². The number of nitrogens with one attached hydrogen (secondary N) is 1. The smallest absolute Gasteiger partial charge is 0.287 e. The van der Waals surface area contributed by atoms with Gasteiger partial charge in [-0.05, 0) is 61.1 Å². The van der Waals surface area contributed by atoms with Crippen molar-refractivity contribution in [3.05, 3.63) is 76.5 Å². The SMILES string of the molecule is O=C(NC[C@@H]1CCCO1)c1cc2cc(C3(O)CCN(C/C(Cl)=C/c4ccccc4)CC3)ccc2o1. The van der Waals surface area contributed by atoms with Crippen LogP contribution in [0.4, 0.5) is 0 Å². The molecule has 1 aromatic heterocycles. The molecule has 2 fully saturated rings. The molecule has 1 amide bonds. The van der Waals surface area contributed by atoms with Crippen LogP contribution < -0.4 is 5.32 Å². The quantitative estimate of drug-likeness (QED) is 0.488. The van der Waals surface area contributed by atoms with E-state index < -0.39 is 5.60 Å². The second-order valence-electron chi connectivity index (χ2n) is 9.52. The number of furan rings is 1. The number of amides is 1. The molecule has 7 heteroatoms. The number of ether oxygens (including phenoxy) is 1. The summed E-state index contributed by atoms with van der Waals surface area (Å²) in [5, 5.41) is 15.9. The summed E-state index contributed by atoms with van der Waals surface area (Å²) in [4.78, 5) is 14.8. The molecular formula is C28H31ClN2O4. The van der Waals surface area contributed by atoms with E-state index in [2.05, 4.69) is 10.2 Å². The van der Waals surface area contributed by atoms with Gasteiger partial charge < -0.3 is 19.6 Å². The molecule has 0 aliphatic carbocycles. The molecule has 0 saturated carbocycles.